The fourth-order valence-electron chi connectivity index (χ4n) is 2.04. The Bertz CT molecular complexity index is 692. The van der Waals surface area contributed by atoms with Crippen molar-refractivity contribution >= 4 is 23.4 Å². The van der Waals surface area contributed by atoms with Crippen molar-refractivity contribution in [2.24, 2.45) is 0 Å². The third-order valence-electron chi connectivity index (χ3n) is 3.36. The minimum Gasteiger partial charge on any atom is -0.494 e. The lowest BCUT2D eigenvalue weighted by Crippen LogP contribution is -2.32. The van der Waals surface area contributed by atoms with Crippen LogP contribution in [-0.2, 0) is 4.79 Å². The van der Waals surface area contributed by atoms with Crippen LogP contribution in [0.5, 0.6) is 5.75 Å². The van der Waals surface area contributed by atoms with Gasteiger partial charge in [0.15, 0.2) is 0 Å². The van der Waals surface area contributed by atoms with Gasteiger partial charge in [-0.2, -0.15) is 0 Å². The normalized spacial score (nSPS) is 11.6. The average molecular weight is 360 g/mol. The van der Waals surface area contributed by atoms with Gasteiger partial charge in [0.2, 0.25) is 5.91 Å². The van der Waals surface area contributed by atoms with Crippen LogP contribution in [0.2, 0.25) is 0 Å². The second-order valence-electron chi connectivity index (χ2n) is 5.32. The number of thioether (sulfide) groups is 1. The van der Waals surface area contributed by atoms with Crippen molar-refractivity contribution in [3.8, 4) is 5.75 Å². The van der Waals surface area contributed by atoms with Crippen molar-refractivity contribution in [2.45, 2.75) is 23.5 Å². The predicted octanol–water partition coefficient (Wildman–Crippen LogP) is 3.66. The summed E-state index contributed by atoms with van der Waals surface area (Å²) < 4.78 is 5.56. The Morgan fingerprint density at radius 1 is 1.20 bits per heavy atom. The molecule has 1 atom stereocenters. The van der Waals surface area contributed by atoms with Gasteiger partial charge in [0.25, 0.3) is 5.69 Å². The Kier molecular flexibility index (Phi) is 7.28. The van der Waals surface area contributed by atoms with Crippen molar-refractivity contribution in [2.75, 3.05) is 13.2 Å². The molecule has 0 aromatic heterocycles. The van der Waals surface area contributed by atoms with Crippen molar-refractivity contribution in [3.05, 3.63) is 64.7 Å². The summed E-state index contributed by atoms with van der Waals surface area (Å²) in [6, 6.07) is 15.7. The molecule has 0 aliphatic rings. The molecule has 0 radical (unpaired) electrons. The predicted molar refractivity (Wildman–Crippen MR) is 98.0 cm³/mol. The van der Waals surface area contributed by atoms with E-state index >= 15 is 0 Å². The van der Waals surface area contributed by atoms with Gasteiger partial charge in [0.05, 0.1) is 16.8 Å². The van der Waals surface area contributed by atoms with Crippen LogP contribution < -0.4 is 10.1 Å². The SMILES string of the molecule is CC(Sc1ccc([N+](=O)[O-])cc1)C(=O)NCCCOc1ccccc1. The van der Waals surface area contributed by atoms with Gasteiger partial charge in [-0.1, -0.05) is 18.2 Å². The minimum absolute atomic E-state index is 0.0415. The highest BCUT2D eigenvalue weighted by atomic mass is 32.2. The highest BCUT2D eigenvalue weighted by Crippen LogP contribution is 2.25. The number of para-hydroxylation sites is 1. The van der Waals surface area contributed by atoms with Crippen LogP contribution >= 0.6 is 11.8 Å². The van der Waals surface area contributed by atoms with Crippen molar-refractivity contribution < 1.29 is 14.5 Å². The van der Waals surface area contributed by atoms with Crippen LogP contribution in [0.3, 0.4) is 0 Å². The lowest BCUT2D eigenvalue weighted by Gasteiger charge is -2.12. The molecule has 0 spiro atoms. The molecule has 2 aromatic rings. The van der Waals surface area contributed by atoms with Gasteiger partial charge in [-0.15, -0.1) is 11.8 Å². The molecule has 1 N–H and O–H groups in total. The second kappa shape index (κ2) is 9.68. The van der Waals surface area contributed by atoms with Crippen molar-refractivity contribution in [3.63, 3.8) is 0 Å². The number of benzene rings is 2. The van der Waals surface area contributed by atoms with E-state index in [9.17, 15) is 14.9 Å². The zero-order chi connectivity index (χ0) is 18.1. The Morgan fingerprint density at radius 2 is 1.88 bits per heavy atom. The quantitative estimate of drug-likeness (QED) is 0.319. The summed E-state index contributed by atoms with van der Waals surface area (Å²) in [5.41, 5.74) is 0.0415. The summed E-state index contributed by atoms with van der Waals surface area (Å²) in [6.07, 6.45) is 0.718. The van der Waals surface area contributed by atoms with E-state index in [0.29, 0.717) is 13.2 Å². The van der Waals surface area contributed by atoms with Gasteiger partial charge in [-0.3, -0.25) is 14.9 Å². The number of nitro benzene ring substituents is 1. The number of hydrogen-bond donors (Lipinski definition) is 1. The van der Waals surface area contributed by atoms with E-state index < -0.39 is 4.92 Å². The average Bonchev–Trinajstić information content (AvgIpc) is 2.62. The molecule has 1 amide bonds. The number of carbonyl (C=O) groups is 1. The fraction of sp³-hybridized carbons (Fsp3) is 0.278. The number of non-ortho nitro benzene ring substituents is 1. The molecule has 132 valence electrons. The van der Waals surface area contributed by atoms with Crippen LogP contribution in [0.4, 0.5) is 5.69 Å². The number of nitrogens with one attached hydrogen (secondary N) is 1. The molecule has 0 fully saturated rings. The summed E-state index contributed by atoms with van der Waals surface area (Å²) in [6.45, 7) is 2.88. The zero-order valence-corrected chi connectivity index (χ0v) is 14.7. The van der Waals surface area contributed by atoms with Crippen LogP contribution in [0.15, 0.2) is 59.5 Å². The third-order valence-corrected chi connectivity index (χ3v) is 4.47. The summed E-state index contributed by atoms with van der Waals surface area (Å²) in [5.74, 6) is 0.749. The Labute approximate surface area is 150 Å². The number of rotatable bonds is 9. The molecule has 0 aliphatic heterocycles. The number of nitrogens with zero attached hydrogens (tertiary/aromatic N) is 1. The zero-order valence-electron chi connectivity index (χ0n) is 13.9. The van der Waals surface area contributed by atoms with Gasteiger partial charge >= 0.3 is 0 Å². The van der Waals surface area contributed by atoms with E-state index in [1.54, 1.807) is 12.1 Å². The molecule has 6 nitrogen and oxygen atoms in total. The molecule has 0 saturated heterocycles. The Balaban J connectivity index is 1.66. The summed E-state index contributed by atoms with van der Waals surface area (Å²) >= 11 is 1.37. The minimum atomic E-state index is -0.442. The first-order valence-corrected chi connectivity index (χ1v) is 8.81. The monoisotopic (exact) mass is 360 g/mol. The summed E-state index contributed by atoms with van der Waals surface area (Å²) in [5, 5.41) is 13.2. The Morgan fingerprint density at radius 3 is 2.52 bits per heavy atom. The number of amides is 1. The van der Waals surface area contributed by atoms with Crippen LogP contribution in [0.1, 0.15) is 13.3 Å². The van der Waals surface area contributed by atoms with Crippen LogP contribution in [0, 0.1) is 10.1 Å². The maximum absolute atomic E-state index is 12.1. The first-order chi connectivity index (χ1) is 12.1. The van der Waals surface area contributed by atoms with E-state index in [1.807, 2.05) is 37.3 Å². The number of nitro groups is 1. The molecule has 0 aliphatic carbocycles. The van der Waals surface area contributed by atoms with Gasteiger partial charge < -0.3 is 10.1 Å². The number of carbonyl (C=O) groups excluding carboxylic acids is 1. The molecule has 25 heavy (non-hydrogen) atoms. The Hall–Kier alpha value is -2.54. The maximum atomic E-state index is 12.1. The van der Waals surface area contributed by atoms with Crippen molar-refractivity contribution in [1.82, 2.24) is 5.32 Å². The third kappa shape index (κ3) is 6.46. The fourth-order valence-corrected chi connectivity index (χ4v) is 2.93. The first-order valence-electron chi connectivity index (χ1n) is 7.93. The van der Waals surface area contributed by atoms with E-state index in [0.717, 1.165) is 17.1 Å². The molecule has 0 heterocycles. The second-order valence-corrected chi connectivity index (χ2v) is 6.73. The van der Waals surface area contributed by atoms with Gasteiger partial charge in [0.1, 0.15) is 5.75 Å². The highest BCUT2D eigenvalue weighted by Gasteiger charge is 2.14. The molecule has 1 unspecified atom stereocenters. The highest BCUT2D eigenvalue weighted by molar-refractivity contribution is 8.00. The summed E-state index contributed by atoms with van der Waals surface area (Å²) in [4.78, 5) is 23.1. The number of hydrogen-bond acceptors (Lipinski definition) is 5. The maximum Gasteiger partial charge on any atom is 0.269 e. The van der Waals surface area contributed by atoms with E-state index in [1.165, 1.54) is 23.9 Å². The van der Waals surface area contributed by atoms with Crippen LogP contribution in [0.25, 0.3) is 0 Å². The van der Waals surface area contributed by atoms with Gasteiger partial charge in [0, 0.05) is 23.6 Å². The summed E-state index contributed by atoms with van der Waals surface area (Å²) in [7, 11) is 0. The number of ether oxygens (including phenoxy) is 1. The molecule has 2 rings (SSSR count). The van der Waals surface area contributed by atoms with E-state index in [2.05, 4.69) is 5.32 Å². The molecule has 0 bridgehead atoms. The van der Waals surface area contributed by atoms with Gasteiger partial charge in [-0.05, 0) is 37.6 Å². The van der Waals surface area contributed by atoms with Crippen molar-refractivity contribution in [1.29, 1.82) is 0 Å². The standard InChI is InChI=1S/C18H20N2O4S/c1-14(25-17-10-8-15(9-11-17)20(22)23)18(21)19-12-5-13-24-16-6-3-2-4-7-16/h2-4,6-11,14H,5,12-13H2,1H3,(H,19,21). The lowest BCUT2D eigenvalue weighted by atomic mass is 10.3. The lowest BCUT2D eigenvalue weighted by molar-refractivity contribution is -0.384. The molecule has 7 heteroatoms. The molecular weight excluding hydrogens is 340 g/mol. The van der Waals surface area contributed by atoms with Crippen LogP contribution in [-0.4, -0.2) is 29.2 Å². The topological polar surface area (TPSA) is 81.5 Å². The van der Waals surface area contributed by atoms with E-state index in [-0.39, 0.29) is 16.8 Å². The van der Waals surface area contributed by atoms with E-state index in [4.69, 9.17) is 4.74 Å². The first kappa shape index (κ1) is 18.8. The molecule has 2 aromatic carbocycles. The largest absolute Gasteiger partial charge is 0.494 e. The molecule has 0 saturated carbocycles. The molecular formula is C18H20N2O4S. The smallest absolute Gasteiger partial charge is 0.269 e. The van der Waals surface area contributed by atoms with Gasteiger partial charge in [-0.25, -0.2) is 0 Å².